The number of nitrogens with zero attached hydrogens (tertiary/aromatic N) is 3. The molecule has 27 heavy (non-hydrogen) atoms. The molecular weight excluding hydrogens is 340 g/mol. The minimum absolute atomic E-state index is 0.0254. The Morgan fingerprint density at radius 3 is 2.67 bits per heavy atom. The molecule has 1 fully saturated rings. The van der Waals surface area contributed by atoms with Gasteiger partial charge >= 0.3 is 0 Å². The van der Waals surface area contributed by atoms with Crippen LogP contribution in [0.5, 0.6) is 0 Å². The van der Waals surface area contributed by atoms with Crippen molar-refractivity contribution in [3.05, 3.63) is 42.5 Å². The molecule has 1 N–H and O–H groups in total. The molecule has 0 aliphatic carbocycles. The van der Waals surface area contributed by atoms with Gasteiger partial charge in [-0.05, 0) is 31.4 Å². The van der Waals surface area contributed by atoms with Gasteiger partial charge in [0.15, 0.2) is 0 Å². The molecule has 1 unspecified atom stereocenters. The van der Waals surface area contributed by atoms with E-state index in [1.165, 1.54) is 5.56 Å². The Morgan fingerprint density at radius 2 is 1.93 bits per heavy atom. The number of nitrogens with one attached hydrogen (secondary N) is 1. The third-order valence-electron chi connectivity index (χ3n) is 5.50. The minimum atomic E-state index is -0.145. The Hall–Kier alpha value is -2.18. The number of para-hydroxylation sites is 1. The lowest BCUT2D eigenvalue weighted by molar-refractivity contribution is -0.126. The van der Waals surface area contributed by atoms with Crippen LogP contribution in [0.15, 0.2) is 36.9 Å². The molecule has 2 amide bonds. The summed E-state index contributed by atoms with van der Waals surface area (Å²) in [5, 5.41) is 2.81. The maximum Gasteiger partial charge on any atom is 0.244 e. The van der Waals surface area contributed by atoms with Gasteiger partial charge in [0.1, 0.15) is 0 Å². The molecule has 6 heteroatoms. The SMILES string of the molecule is C=CCNC(=O)CN1CCN(C(C)C(=O)N2CCCc3ccccc32)CC1. The van der Waals surface area contributed by atoms with Crippen molar-refractivity contribution < 1.29 is 9.59 Å². The van der Waals surface area contributed by atoms with Crippen LogP contribution in [0.2, 0.25) is 0 Å². The topological polar surface area (TPSA) is 55.9 Å². The standard InChI is InChI=1S/C21H30N4O2/c1-3-10-22-20(26)16-23-12-14-24(15-13-23)17(2)21(27)25-11-6-8-18-7-4-5-9-19(18)25/h3-5,7,9,17H,1,6,8,10-16H2,2H3,(H,22,26). The quantitative estimate of drug-likeness (QED) is 0.767. The fourth-order valence-electron chi connectivity index (χ4n) is 3.90. The zero-order chi connectivity index (χ0) is 19.2. The third kappa shape index (κ3) is 4.76. The van der Waals surface area contributed by atoms with Gasteiger partial charge in [-0.15, -0.1) is 6.58 Å². The molecule has 0 spiro atoms. The maximum absolute atomic E-state index is 13.1. The molecule has 1 aromatic rings. The largest absolute Gasteiger partial charge is 0.352 e. The summed E-state index contributed by atoms with van der Waals surface area (Å²) in [5.41, 5.74) is 2.33. The number of carbonyl (C=O) groups excluding carboxylic acids is 2. The summed E-state index contributed by atoms with van der Waals surface area (Å²) in [6.07, 6.45) is 3.74. The van der Waals surface area contributed by atoms with E-state index in [1.807, 2.05) is 24.0 Å². The lowest BCUT2D eigenvalue weighted by Crippen LogP contribution is -2.56. The first-order valence-corrected chi connectivity index (χ1v) is 9.83. The van der Waals surface area contributed by atoms with E-state index in [0.717, 1.165) is 51.3 Å². The molecule has 1 atom stereocenters. The second-order valence-electron chi connectivity index (χ2n) is 7.30. The maximum atomic E-state index is 13.1. The summed E-state index contributed by atoms with van der Waals surface area (Å²) in [6, 6.07) is 8.08. The summed E-state index contributed by atoms with van der Waals surface area (Å²) in [6.45, 7) is 10.5. The second-order valence-corrected chi connectivity index (χ2v) is 7.30. The van der Waals surface area contributed by atoms with Gasteiger partial charge in [-0.25, -0.2) is 0 Å². The third-order valence-corrected chi connectivity index (χ3v) is 5.50. The lowest BCUT2D eigenvalue weighted by atomic mass is 10.0. The van der Waals surface area contributed by atoms with Gasteiger partial charge in [0.05, 0.1) is 12.6 Å². The molecular formula is C21H30N4O2. The zero-order valence-corrected chi connectivity index (χ0v) is 16.2. The normalized spacial score (nSPS) is 19.2. The van der Waals surface area contributed by atoms with Gasteiger partial charge in [0, 0.05) is 45.0 Å². The van der Waals surface area contributed by atoms with E-state index in [4.69, 9.17) is 0 Å². The van der Waals surface area contributed by atoms with Crippen LogP contribution < -0.4 is 10.2 Å². The fourth-order valence-corrected chi connectivity index (χ4v) is 3.90. The van der Waals surface area contributed by atoms with Crippen molar-refractivity contribution in [2.24, 2.45) is 0 Å². The van der Waals surface area contributed by atoms with Crippen molar-refractivity contribution in [2.45, 2.75) is 25.8 Å². The van der Waals surface area contributed by atoms with E-state index < -0.39 is 0 Å². The van der Waals surface area contributed by atoms with Gasteiger partial charge in [-0.1, -0.05) is 24.3 Å². The molecule has 2 heterocycles. The number of hydrogen-bond acceptors (Lipinski definition) is 4. The average molecular weight is 370 g/mol. The van der Waals surface area contributed by atoms with E-state index in [-0.39, 0.29) is 17.9 Å². The Morgan fingerprint density at radius 1 is 1.19 bits per heavy atom. The van der Waals surface area contributed by atoms with Crippen molar-refractivity contribution in [1.82, 2.24) is 15.1 Å². The van der Waals surface area contributed by atoms with E-state index in [2.05, 4.69) is 33.8 Å². The molecule has 0 saturated carbocycles. The Balaban J connectivity index is 1.54. The highest BCUT2D eigenvalue weighted by atomic mass is 16.2. The number of carbonyl (C=O) groups is 2. The van der Waals surface area contributed by atoms with Gasteiger partial charge in [-0.2, -0.15) is 0 Å². The molecule has 0 bridgehead atoms. The first-order valence-electron chi connectivity index (χ1n) is 9.83. The van der Waals surface area contributed by atoms with Crippen LogP contribution >= 0.6 is 0 Å². The van der Waals surface area contributed by atoms with Crippen LogP contribution in [0.25, 0.3) is 0 Å². The molecule has 1 saturated heterocycles. The van der Waals surface area contributed by atoms with Crippen molar-refractivity contribution in [1.29, 1.82) is 0 Å². The Bertz CT molecular complexity index is 683. The highest BCUT2D eigenvalue weighted by Gasteiger charge is 2.31. The van der Waals surface area contributed by atoms with Crippen LogP contribution in [0.1, 0.15) is 18.9 Å². The van der Waals surface area contributed by atoms with E-state index in [9.17, 15) is 9.59 Å². The van der Waals surface area contributed by atoms with Crippen molar-refractivity contribution in [3.8, 4) is 0 Å². The number of benzene rings is 1. The van der Waals surface area contributed by atoms with Gasteiger partial charge in [0.2, 0.25) is 11.8 Å². The average Bonchev–Trinajstić information content (AvgIpc) is 2.71. The Labute approximate surface area is 161 Å². The summed E-state index contributed by atoms with van der Waals surface area (Å²) in [5.74, 6) is 0.205. The monoisotopic (exact) mass is 370 g/mol. The second kappa shape index (κ2) is 9.15. The van der Waals surface area contributed by atoms with Crippen molar-refractivity contribution in [2.75, 3.05) is 50.7 Å². The molecule has 3 rings (SSSR count). The van der Waals surface area contributed by atoms with Gasteiger partial charge < -0.3 is 10.2 Å². The molecule has 0 aromatic heterocycles. The first kappa shape index (κ1) is 19.6. The minimum Gasteiger partial charge on any atom is -0.352 e. The number of hydrogen-bond donors (Lipinski definition) is 1. The number of amides is 2. The van der Waals surface area contributed by atoms with E-state index >= 15 is 0 Å². The predicted octanol–water partition coefficient (Wildman–Crippen LogP) is 1.27. The van der Waals surface area contributed by atoms with E-state index in [1.54, 1.807) is 6.08 Å². The number of rotatable bonds is 6. The fraction of sp³-hybridized carbons (Fsp3) is 0.524. The lowest BCUT2D eigenvalue weighted by Gasteiger charge is -2.39. The predicted molar refractivity (Wildman–Crippen MR) is 108 cm³/mol. The number of piperazine rings is 1. The van der Waals surface area contributed by atoms with Gasteiger partial charge in [0.25, 0.3) is 0 Å². The highest BCUT2D eigenvalue weighted by molar-refractivity contribution is 5.98. The summed E-state index contributed by atoms with van der Waals surface area (Å²) in [4.78, 5) is 31.3. The molecule has 0 radical (unpaired) electrons. The summed E-state index contributed by atoms with van der Waals surface area (Å²) >= 11 is 0. The van der Waals surface area contributed by atoms with Crippen LogP contribution in [0, 0.1) is 0 Å². The zero-order valence-electron chi connectivity index (χ0n) is 16.2. The molecule has 2 aliphatic rings. The molecule has 6 nitrogen and oxygen atoms in total. The summed E-state index contributed by atoms with van der Waals surface area (Å²) < 4.78 is 0. The number of aryl methyl sites for hydroxylation is 1. The van der Waals surface area contributed by atoms with Gasteiger partial charge in [-0.3, -0.25) is 19.4 Å². The smallest absolute Gasteiger partial charge is 0.244 e. The molecule has 2 aliphatic heterocycles. The summed E-state index contributed by atoms with van der Waals surface area (Å²) in [7, 11) is 0. The molecule has 146 valence electrons. The Kier molecular flexibility index (Phi) is 6.63. The van der Waals surface area contributed by atoms with E-state index in [0.29, 0.717) is 13.1 Å². The van der Waals surface area contributed by atoms with Crippen LogP contribution in [-0.4, -0.2) is 73.5 Å². The number of fused-ring (bicyclic) bond motifs is 1. The molecule has 1 aromatic carbocycles. The number of anilines is 1. The van der Waals surface area contributed by atoms with Crippen LogP contribution in [0.4, 0.5) is 5.69 Å². The first-order chi connectivity index (χ1) is 13.1. The van der Waals surface area contributed by atoms with Crippen LogP contribution in [-0.2, 0) is 16.0 Å². The highest BCUT2D eigenvalue weighted by Crippen LogP contribution is 2.27. The van der Waals surface area contributed by atoms with Crippen LogP contribution in [0.3, 0.4) is 0 Å². The van der Waals surface area contributed by atoms with Crippen molar-refractivity contribution >= 4 is 17.5 Å². The van der Waals surface area contributed by atoms with Crippen molar-refractivity contribution in [3.63, 3.8) is 0 Å².